The van der Waals surface area contributed by atoms with E-state index in [1.165, 1.54) is 0 Å². The molecule has 4 aromatic rings. The van der Waals surface area contributed by atoms with Crippen molar-refractivity contribution in [3.05, 3.63) is 95.7 Å². The van der Waals surface area contributed by atoms with Crippen LogP contribution in [0.5, 0.6) is 0 Å². The van der Waals surface area contributed by atoms with Crippen LogP contribution >= 0.6 is 0 Å². The Bertz CT molecular complexity index is 1360. The highest BCUT2D eigenvalue weighted by Crippen LogP contribution is 2.32. The normalized spacial score (nSPS) is 14.9. The van der Waals surface area contributed by atoms with Crippen LogP contribution in [0.3, 0.4) is 0 Å². The van der Waals surface area contributed by atoms with E-state index in [9.17, 15) is 9.59 Å². The molecule has 0 saturated heterocycles. The van der Waals surface area contributed by atoms with Crippen molar-refractivity contribution < 1.29 is 14.3 Å². The Balaban J connectivity index is 1.36. The van der Waals surface area contributed by atoms with Gasteiger partial charge in [-0.15, -0.1) is 0 Å². The second kappa shape index (κ2) is 9.48. The topological polar surface area (TPSA) is 68.3 Å². The lowest BCUT2D eigenvalue weighted by atomic mass is 9.84. The molecule has 1 N–H and O–H groups in total. The molecule has 0 bridgehead atoms. The number of carbonyl (C=O) groups is 2. The summed E-state index contributed by atoms with van der Waals surface area (Å²) >= 11 is 0. The monoisotopic (exact) mass is 450 g/mol. The summed E-state index contributed by atoms with van der Waals surface area (Å²) in [6.07, 6.45) is 2.68. The molecule has 1 atom stereocenters. The van der Waals surface area contributed by atoms with Gasteiger partial charge in [-0.25, -0.2) is 4.79 Å². The SMILES string of the molecule is C[C@@H]1CCc2nc3ccccc3c(C(=O)OCC(=O)Nc3ccccc3-c3ccccc3)c2C1. The second-order valence-electron chi connectivity index (χ2n) is 8.81. The number of nitrogens with one attached hydrogen (secondary N) is 1. The average Bonchev–Trinajstić information content (AvgIpc) is 2.87. The molecule has 0 spiro atoms. The summed E-state index contributed by atoms with van der Waals surface area (Å²) < 4.78 is 5.54. The summed E-state index contributed by atoms with van der Waals surface area (Å²) in [4.78, 5) is 30.8. The number of para-hydroxylation sites is 2. The van der Waals surface area contributed by atoms with E-state index in [0.717, 1.165) is 52.5 Å². The molecule has 5 nitrogen and oxygen atoms in total. The van der Waals surface area contributed by atoms with Gasteiger partial charge in [-0.3, -0.25) is 9.78 Å². The first-order valence-electron chi connectivity index (χ1n) is 11.6. The van der Waals surface area contributed by atoms with Gasteiger partial charge in [-0.05, 0) is 48.4 Å². The number of benzene rings is 3. The van der Waals surface area contributed by atoms with Crippen LogP contribution in [0, 0.1) is 5.92 Å². The van der Waals surface area contributed by atoms with Gasteiger partial charge in [-0.2, -0.15) is 0 Å². The van der Waals surface area contributed by atoms with Gasteiger partial charge in [-0.1, -0.05) is 73.7 Å². The lowest BCUT2D eigenvalue weighted by Crippen LogP contribution is -2.23. The molecule has 5 heteroatoms. The first-order valence-corrected chi connectivity index (χ1v) is 11.6. The van der Waals surface area contributed by atoms with Crippen LogP contribution in [-0.2, 0) is 22.4 Å². The minimum absolute atomic E-state index is 0.358. The van der Waals surface area contributed by atoms with E-state index in [4.69, 9.17) is 9.72 Å². The molecule has 0 radical (unpaired) electrons. The Kier molecular flexibility index (Phi) is 6.09. The molecule has 1 aliphatic carbocycles. The van der Waals surface area contributed by atoms with Crippen LogP contribution in [0.2, 0.25) is 0 Å². The van der Waals surface area contributed by atoms with E-state index in [2.05, 4.69) is 12.2 Å². The lowest BCUT2D eigenvalue weighted by Gasteiger charge is -2.24. The molecule has 1 aliphatic rings. The zero-order valence-electron chi connectivity index (χ0n) is 19.1. The molecule has 34 heavy (non-hydrogen) atoms. The van der Waals surface area contributed by atoms with E-state index in [-0.39, 0.29) is 12.5 Å². The quantitative estimate of drug-likeness (QED) is 0.389. The molecule has 0 fully saturated rings. The van der Waals surface area contributed by atoms with Crippen LogP contribution in [0.25, 0.3) is 22.0 Å². The first-order chi connectivity index (χ1) is 16.6. The maximum Gasteiger partial charge on any atom is 0.339 e. The molecule has 3 aromatic carbocycles. The van der Waals surface area contributed by atoms with E-state index in [0.29, 0.717) is 17.2 Å². The van der Waals surface area contributed by atoms with Gasteiger partial charge >= 0.3 is 5.97 Å². The minimum atomic E-state index is -0.476. The van der Waals surface area contributed by atoms with Crippen molar-refractivity contribution in [2.75, 3.05) is 11.9 Å². The number of nitrogens with zero attached hydrogens (tertiary/aromatic N) is 1. The highest BCUT2D eigenvalue weighted by Gasteiger charge is 2.26. The fourth-order valence-electron chi connectivity index (χ4n) is 4.65. The van der Waals surface area contributed by atoms with Crippen LogP contribution in [0.15, 0.2) is 78.9 Å². The number of amides is 1. The van der Waals surface area contributed by atoms with Crippen molar-refractivity contribution in [1.82, 2.24) is 4.98 Å². The van der Waals surface area contributed by atoms with Crippen molar-refractivity contribution >= 4 is 28.5 Å². The third-order valence-electron chi connectivity index (χ3n) is 6.33. The van der Waals surface area contributed by atoms with Crippen molar-refractivity contribution in [2.45, 2.75) is 26.2 Å². The maximum atomic E-state index is 13.3. The smallest absolute Gasteiger partial charge is 0.339 e. The molecule has 1 amide bonds. The number of carbonyl (C=O) groups excluding carboxylic acids is 2. The zero-order chi connectivity index (χ0) is 23.5. The number of aromatic nitrogens is 1. The minimum Gasteiger partial charge on any atom is -0.452 e. The van der Waals surface area contributed by atoms with Crippen LogP contribution < -0.4 is 5.32 Å². The van der Waals surface area contributed by atoms with Crippen LogP contribution in [-0.4, -0.2) is 23.5 Å². The second-order valence-corrected chi connectivity index (χ2v) is 8.81. The van der Waals surface area contributed by atoms with E-state index in [1.807, 2.05) is 78.9 Å². The number of fused-ring (bicyclic) bond motifs is 2. The van der Waals surface area contributed by atoms with Crippen molar-refractivity contribution in [3.8, 4) is 11.1 Å². The average molecular weight is 451 g/mol. The van der Waals surface area contributed by atoms with Gasteiger partial charge < -0.3 is 10.1 Å². The van der Waals surface area contributed by atoms with Gasteiger partial charge in [0.05, 0.1) is 11.1 Å². The third-order valence-corrected chi connectivity index (χ3v) is 6.33. The molecular weight excluding hydrogens is 424 g/mol. The molecule has 0 saturated carbocycles. The summed E-state index contributed by atoms with van der Waals surface area (Å²) in [5.41, 5.74) is 5.83. The van der Waals surface area contributed by atoms with Crippen molar-refractivity contribution in [2.24, 2.45) is 5.92 Å². The van der Waals surface area contributed by atoms with Gasteiger partial charge in [0.15, 0.2) is 6.61 Å². The third kappa shape index (κ3) is 4.42. The van der Waals surface area contributed by atoms with Gasteiger partial charge in [0.25, 0.3) is 5.91 Å². The maximum absolute atomic E-state index is 13.3. The van der Waals surface area contributed by atoms with Crippen molar-refractivity contribution in [3.63, 3.8) is 0 Å². The summed E-state index contributed by atoms with van der Waals surface area (Å²) in [5.74, 6) is -0.382. The van der Waals surface area contributed by atoms with Gasteiger partial charge in [0, 0.05) is 22.3 Å². The molecule has 5 rings (SSSR count). The number of rotatable bonds is 5. The predicted molar refractivity (Wildman–Crippen MR) is 134 cm³/mol. The summed E-state index contributed by atoms with van der Waals surface area (Å²) in [6.45, 7) is 1.83. The fraction of sp³-hybridized carbons (Fsp3) is 0.207. The molecular formula is C29H26N2O3. The number of pyridine rings is 1. The summed E-state index contributed by atoms with van der Waals surface area (Å²) in [6, 6.07) is 25.1. The van der Waals surface area contributed by atoms with Gasteiger partial charge in [0.2, 0.25) is 0 Å². The number of aryl methyl sites for hydroxylation is 1. The Labute approximate surface area is 198 Å². The predicted octanol–water partition coefficient (Wildman–Crippen LogP) is 5.82. The highest BCUT2D eigenvalue weighted by molar-refractivity contribution is 6.06. The molecule has 0 unspecified atom stereocenters. The Morgan fingerprint density at radius 2 is 1.71 bits per heavy atom. The summed E-state index contributed by atoms with van der Waals surface area (Å²) in [5, 5.41) is 3.67. The number of ether oxygens (including phenoxy) is 1. The Morgan fingerprint density at radius 1 is 0.971 bits per heavy atom. The molecule has 170 valence electrons. The number of anilines is 1. The summed E-state index contributed by atoms with van der Waals surface area (Å²) in [7, 11) is 0. The molecule has 1 aromatic heterocycles. The fourth-order valence-corrected chi connectivity index (χ4v) is 4.65. The van der Waals surface area contributed by atoms with E-state index in [1.54, 1.807) is 0 Å². The van der Waals surface area contributed by atoms with Crippen molar-refractivity contribution in [1.29, 1.82) is 0 Å². The first kappa shape index (κ1) is 21.8. The number of hydrogen-bond donors (Lipinski definition) is 1. The Hall–Kier alpha value is -3.99. The molecule has 0 aliphatic heterocycles. The van der Waals surface area contributed by atoms with E-state index < -0.39 is 5.97 Å². The molecule has 1 heterocycles. The van der Waals surface area contributed by atoms with Crippen LogP contribution in [0.1, 0.15) is 35.0 Å². The van der Waals surface area contributed by atoms with Gasteiger partial charge in [0.1, 0.15) is 0 Å². The lowest BCUT2D eigenvalue weighted by molar-refractivity contribution is -0.119. The number of esters is 1. The standard InChI is InChI=1S/C29H26N2O3/c1-19-15-16-26-23(17-19)28(22-12-6-8-14-25(22)30-26)29(33)34-18-27(32)31-24-13-7-5-11-21(24)20-9-3-2-4-10-20/h2-14,19H,15-18H2,1H3,(H,31,32)/t19-/m1/s1. The zero-order valence-corrected chi connectivity index (χ0v) is 19.1. The highest BCUT2D eigenvalue weighted by atomic mass is 16.5. The number of hydrogen-bond acceptors (Lipinski definition) is 4. The van der Waals surface area contributed by atoms with E-state index >= 15 is 0 Å². The van der Waals surface area contributed by atoms with Crippen LogP contribution in [0.4, 0.5) is 5.69 Å². The Morgan fingerprint density at radius 3 is 2.56 bits per heavy atom. The largest absolute Gasteiger partial charge is 0.452 e.